The van der Waals surface area contributed by atoms with E-state index >= 15 is 0 Å². The molecule has 1 aliphatic heterocycles. The van der Waals surface area contributed by atoms with Crippen molar-refractivity contribution >= 4 is 17.6 Å². The van der Waals surface area contributed by atoms with E-state index in [1.165, 1.54) is 16.4 Å². The first kappa shape index (κ1) is 21.0. The minimum Gasteiger partial charge on any atom is -0.457 e. The van der Waals surface area contributed by atoms with Crippen molar-refractivity contribution in [3.05, 3.63) is 77.6 Å². The number of amides is 1. The number of aromatic nitrogens is 2. The molecule has 2 heterocycles. The van der Waals surface area contributed by atoms with Crippen molar-refractivity contribution in [3.8, 4) is 11.5 Å². The van der Waals surface area contributed by atoms with Gasteiger partial charge in [-0.1, -0.05) is 41.9 Å². The molecule has 32 heavy (non-hydrogen) atoms. The van der Waals surface area contributed by atoms with Crippen LogP contribution in [0.1, 0.15) is 18.4 Å². The zero-order chi connectivity index (χ0) is 22.1. The lowest BCUT2D eigenvalue weighted by atomic mass is 10.0. The van der Waals surface area contributed by atoms with Gasteiger partial charge in [0.15, 0.2) is 0 Å². The second-order valence-corrected chi connectivity index (χ2v) is 9.35. The van der Waals surface area contributed by atoms with Gasteiger partial charge in [0.2, 0.25) is 0 Å². The Balaban J connectivity index is 1.13. The van der Waals surface area contributed by atoms with Crippen LogP contribution in [-0.2, 0) is 6.54 Å². The van der Waals surface area contributed by atoms with Gasteiger partial charge in [0.1, 0.15) is 11.5 Å². The lowest BCUT2D eigenvalue weighted by Crippen LogP contribution is -2.36. The molecular formula is C25H27ClN4O2. The van der Waals surface area contributed by atoms with Gasteiger partial charge in [0.05, 0.1) is 17.4 Å². The monoisotopic (exact) mass is 450 g/mol. The highest BCUT2D eigenvalue weighted by Gasteiger charge is 2.43. The molecule has 2 aliphatic rings. The molecule has 0 N–H and O–H groups in total. The first-order chi connectivity index (χ1) is 15.5. The van der Waals surface area contributed by atoms with Gasteiger partial charge < -0.3 is 9.64 Å². The third-order valence-electron chi connectivity index (χ3n) is 6.70. The Morgan fingerprint density at radius 2 is 1.72 bits per heavy atom. The lowest BCUT2D eigenvalue weighted by Gasteiger charge is -2.26. The number of para-hydroxylation sites is 1. The van der Waals surface area contributed by atoms with E-state index in [1.54, 1.807) is 6.20 Å². The number of nitrogens with zero attached hydrogens (tertiary/aromatic N) is 4. The number of carbonyl (C=O) groups is 1. The number of hydrogen-bond acceptors (Lipinski definition) is 4. The summed E-state index contributed by atoms with van der Waals surface area (Å²) in [5, 5.41) is 4.54. The molecule has 1 aliphatic carbocycles. The summed E-state index contributed by atoms with van der Waals surface area (Å²) in [6.45, 7) is 2.51. The summed E-state index contributed by atoms with van der Waals surface area (Å²) in [4.78, 5) is 17.0. The highest BCUT2D eigenvalue weighted by atomic mass is 35.5. The van der Waals surface area contributed by atoms with Crippen molar-refractivity contribution in [2.75, 3.05) is 20.1 Å². The van der Waals surface area contributed by atoms with Crippen LogP contribution in [0.5, 0.6) is 11.5 Å². The predicted molar refractivity (Wildman–Crippen MR) is 124 cm³/mol. The third-order valence-corrected chi connectivity index (χ3v) is 6.90. The van der Waals surface area contributed by atoms with E-state index < -0.39 is 0 Å². The summed E-state index contributed by atoms with van der Waals surface area (Å²) in [5.41, 5.74) is 1.28. The van der Waals surface area contributed by atoms with E-state index in [0.29, 0.717) is 22.9 Å². The Bertz CT molecular complexity index is 1060. The normalized spacial score (nSPS) is 22.3. The molecule has 1 unspecified atom stereocenters. The highest BCUT2D eigenvalue weighted by molar-refractivity contribution is 6.30. The van der Waals surface area contributed by atoms with E-state index in [9.17, 15) is 4.79 Å². The summed E-state index contributed by atoms with van der Waals surface area (Å²) in [5.74, 6) is 2.80. The third kappa shape index (κ3) is 4.52. The Labute approximate surface area is 193 Å². The van der Waals surface area contributed by atoms with Crippen LogP contribution >= 0.6 is 11.6 Å². The SMILES string of the molecule is CN(Cc1ccc(Oc2ccccc2)cc1)C1C[C@@H]2CN(C(=O)n3cc(Cl)cn3)C[C@@H]2C1. The lowest BCUT2D eigenvalue weighted by molar-refractivity contribution is 0.192. The van der Waals surface area contributed by atoms with Crippen LogP contribution < -0.4 is 4.74 Å². The largest absolute Gasteiger partial charge is 0.457 e. The fraction of sp³-hybridized carbons (Fsp3) is 0.360. The number of fused-ring (bicyclic) bond motifs is 1. The van der Waals surface area contributed by atoms with Gasteiger partial charge in [-0.3, -0.25) is 4.90 Å². The molecule has 2 fully saturated rings. The molecule has 1 saturated carbocycles. The molecule has 6 nitrogen and oxygen atoms in total. The van der Waals surface area contributed by atoms with Crippen molar-refractivity contribution in [1.29, 1.82) is 0 Å². The zero-order valence-corrected chi connectivity index (χ0v) is 18.9. The van der Waals surface area contributed by atoms with Crippen molar-refractivity contribution < 1.29 is 9.53 Å². The first-order valence-corrected chi connectivity index (χ1v) is 11.4. The molecule has 1 aromatic heterocycles. The minimum absolute atomic E-state index is 0.0750. The van der Waals surface area contributed by atoms with Crippen LogP contribution in [0.15, 0.2) is 67.0 Å². The van der Waals surface area contributed by atoms with E-state index in [-0.39, 0.29) is 6.03 Å². The summed E-state index contributed by atoms with van der Waals surface area (Å²) >= 11 is 5.91. The molecule has 1 saturated heterocycles. The Morgan fingerprint density at radius 1 is 1.06 bits per heavy atom. The summed E-state index contributed by atoms with van der Waals surface area (Å²) in [6.07, 6.45) is 5.33. The van der Waals surface area contributed by atoms with Crippen molar-refractivity contribution in [3.63, 3.8) is 0 Å². The Morgan fingerprint density at radius 3 is 2.34 bits per heavy atom. The van der Waals surface area contributed by atoms with Crippen molar-refractivity contribution in [2.45, 2.75) is 25.4 Å². The van der Waals surface area contributed by atoms with E-state index in [2.05, 4.69) is 29.2 Å². The smallest absolute Gasteiger partial charge is 0.344 e. The molecular weight excluding hydrogens is 424 g/mol. The molecule has 1 amide bonds. The molecule has 0 bridgehead atoms. The zero-order valence-electron chi connectivity index (χ0n) is 18.1. The van der Waals surface area contributed by atoms with Gasteiger partial charge in [-0.2, -0.15) is 9.78 Å². The number of carbonyl (C=O) groups excluding carboxylic acids is 1. The first-order valence-electron chi connectivity index (χ1n) is 11.1. The summed E-state index contributed by atoms with van der Waals surface area (Å²) in [7, 11) is 2.20. The second-order valence-electron chi connectivity index (χ2n) is 8.91. The highest BCUT2D eigenvalue weighted by Crippen LogP contribution is 2.40. The Kier molecular flexibility index (Phi) is 5.89. The molecule has 0 spiro atoms. The van der Waals surface area contributed by atoms with Crippen LogP contribution in [0.3, 0.4) is 0 Å². The number of likely N-dealkylation sites (tertiary alicyclic amines) is 1. The molecule has 3 atom stereocenters. The molecule has 2 aromatic carbocycles. The van der Waals surface area contributed by atoms with Gasteiger partial charge >= 0.3 is 6.03 Å². The molecule has 3 aromatic rings. The second kappa shape index (κ2) is 8.96. The maximum absolute atomic E-state index is 12.6. The fourth-order valence-electron chi connectivity index (χ4n) is 5.04. The maximum Gasteiger partial charge on any atom is 0.344 e. The van der Waals surface area contributed by atoms with E-state index in [0.717, 1.165) is 44.0 Å². The van der Waals surface area contributed by atoms with Crippen LogP contribution in [-0.4, -0.2) is 51.8 Å². The van der Waals surface area contributed by atoms with Crippen molar-refractivity contribution in [2.24, 2.45) is 11.8 Å². The minimum atomic E-state index is -0.0750. The fourth-order valence-corrected chi connectivity index (χ4v) is 5.18. The van der Waals surface area contributed by atoms with Gasteiger partial charge in [0.25, 0.3) is 0 Å². The van der Waals surface area contributed by atoms with Crippen molar-refractivity contribution in [1.82, 2.24) is 19.6 Å². The summed E-state index contributed by atoms with van der Waals surface area (Å²) in [6, 6.07) is 18.6. The maximum atomic E-state index is 12.6. The average Bonchev–Trinajstić information content (AvgIpc) is 3.50. The molecule has 7 heteroatoms. The van der Waals surface area contributed by atoms with Crippen LogP contribution in [0.2, 0.25) is 5.02 Å². The van der Waals surface area contributed by atoms with Crippen LogP contribution in [0, 0.1) is 11.8 Å². The molecule has 0 radical (unpaired) electrons. The standard InChI is InChI=1S/C25H27ClN4O2/c1-28(14-18-7-9-24(10-8-18)32-23-5-3-2-4-6-23)22-11-19-15-29(16-20(19)12-22)25(31)30-17-21(26)13-27-30/h2-10,13,17,19-20,22H,11-12,14-16H2,1H3/t19-,20+,22?. The average molecular weight is 451 g/mol. The van der Waals surface area contributed by atoms with Crippen LogP contribution in [0.4, 0.5) is 4.79 Å². The number of benzene rings is 2. The molecule has 5 rings (SSSR count). The Hall–Kier alpha value is -2.83. The number of hydrogen-bond donors (Lipinski definition) is 0. The van der Waals surface area contributed by atoms with Crippen LogP contribution in [0.25, 0.3) is 0 Å². The quantitative estimate of drug-likeness (QED) is 0.540. The topological polar surface area (TPSA) is 50.6 Å². The number of ether oxygens (including phenoxy) is 1. The summed E-state index contributed by atoms with van der Waals surface area (Å²) < 4.78 is 7.24. The van der Waals surface area contributed by atoms with E-state index in [4.69, 9.17) is 16.3 Å². The van der Waals surface area contributed by atoms with Gasteiger partial charge in [-0.05, 0) is 61.6 Å². The molecule has 166 valence electrons. The number of rotatable bonds is 5. The van der Waals surface area contributed by atoms with Gasteiger partial charge in [-0.15, -0.1) is 0 Å². The van der Waals surface area contributed by atoms with Gasteiger partial charge in [0, 0.05) is 25.7 Å². The number of halogens is 1. The predicted octanol–water partition coefficient (Wildman–Crippen LogP) is 5.14. The van der Waals surface area contributed by atoms with E-state index in [1.807, 2.05) is 47.4 Å². The van der Waals surface area contributed by atoms with Gasteiger partial charge in [-0.25, -0.2) is 4.79 Å².